The Kier molecular flexibility index (Phi) is 4.87. The van der Waals surface area contributed by atoms with Gasteiger partial charge in [-0.15, -0.1) is 0 Å². The summed E-state index contributed by atoms with van der Waals surface area (Å²) in [6, 6.07) is 8.57. The predicted molar refractivity (Wildman–Crippen MR) is 95.6 cm³/mol. The van der Waals surface area contributed by atoms with Gasteiger partial charge in [0.15, 0.2) is 0 Å². The van der Waals surface area contributed by atoms with Crippen LogP contribution in [0, 0.1) is 0 Å². The zero-order chi connectivity index (χ0) is 18.0. The smallest absolute Gasteiger partial charge is 0.240 e. The highest BCUT2D eigenvalue weighted by molar-refractivity contribution is 7.89. The second-order valence-corrected chi connectivity index (χ2v) is 7.91. The molecule has 1 aliphatic rings. The molecule has 1 N–H and O–H groups in total. The van der Waals surface area contributed by atoms with Crippen LogP contribution in [0.25, 0.3) is 0 Å². The molecule has 132 valence electrons. The Balaban J connectivity index is 1.82. The Morgan fingerprint density at radius 2 is 2.16 bits per heavy atom. The highest BCUT2D eigenvalue weighted by Crippen LogP contribution is 2.34. The highest BCUT2D eigenvalue weighted by atomic mass is 32.2. The van der Waals surface area contributed by atoms with Gasteiger partial charge in [-0.3, -0.25) is 9.78 Å². The Hall–Kier alpha value is -2.25. The third-order valence-corrected chi connectivity index (χ3v) is 5.74. The van der Waals surface area contributed by atoms with Crippen molar-refractivity contribution in [2.75, 3.05) is 4.90 Å². The van der Waals surface area contributed by atoms with Gasteiger partial charge in [-0.2, -0.15) is 0 Å². The minimum Gasteiger partial charge on any atom is -0.309 e. The van der Waals surface area contributed by atoms with E-state index in [0.29, 0.717) is 12.8 Å². The van der Waals surface area contributed by atoms with Crippen molar-refractivity contribution in [3.05, 3.63) is 53.9 Å². The lowest BCUT2D eigenvalue weighted by atomic mass is 10.1. The van der Waals surface area contributed by atoms with Crippen LogP contribution in [0.4, 0.5) is 5.69 Å². The van der Waals surface area contributed by atoms with Crippen LogP contribution in [0.1, 0.15) is 31.4 Å². The van der Waals surface area contributed by atoms with E-state index in [1.165, 1.54) is 0 Å². The second-order valence-electron chi connectivity index (χ2n) is 6.15. The van der Waals surface area contributed by atoms with Crippen molar-refractivity contribution in [2.24, 2.45) is 0 Å². The van der Waals surface area contributed by atoms with Gasteiger partial charge in [-0.1, -0.05) is 13.0 Å². The highest BCUT2D eigenvalue weighted by Gasteiger charge is 2.31. The van der Waals surface area contributed by atoms with Crippen LogP contribution < -0.4 is 9.62 Å². The van der Waals surface area contributed by atoms with Crippen molar-refractivity contribution in [3.63, 3.8) is 0 Å². The lowest BCUT2D eigenvalue weighted by Crippen LogP contribution is -2.35. The largest absolute Gasteiger partial charge is 0.309 e. The molecule has 1 aliphatic heterocycles. The third kappa shape index (κ3) is 3.57. The number of nitrogens with one attached hydrogen (secondary N) is 1. The maximum Gasteiger partial charge on any atom is 0.240 e. The molecular weight excluding hydrogens is 338 g/mol. The van der Waals surface area contributed by atoms with Crippen LogP contribution in [0.3, 0.4) is 0 Å². The molecule has 1 atom stereocenters. The zero-order valence-corrected chi connectivity index (χ0v) is 15.1. The van der Waals surface area contributed by atoms with E-state index >= 15 is 0 Å². The van der Waals surface area contributed by atoms with E-state index in [-0.39, 0.29) is 23.4 Å². The van der Waals surface area contributed by atoms with E-state index in [1.54, 1.807) is 41.6 Å². The number of hydrogen-bond acceptors (Lipinski definition) is 4. The molecular formula is C18H21N3O3S. The molecule has 0 fully saturated rings. The van der Waals surface area contributed by atoms with Crippen molar-refractivity contribution in [1.82, 2.24) is 9.71 Å². The summed E-state index contributed by atoms with van der Waals surface area (Å²) in [4.78, 5) is 18.1. The number of sulfonamides is 1. The van der Waals surface area contributed by atoms with E-state index in [2.05, 4.69) is 9.71 Å². The number of hydrogen-bond donors (Lipinski definition) is 1. The Morgan fingerprint density at radius 1 is 1.36 bits per heavy atom. The molecule has 2 aromatic rings. The van der Waals surface area contributed by atoms with Crippen LogP contribution >= 0.6 is 0 Å². The van der Waals surface area contributed by atoms with Crippen molar-refractivity contribution >= 4 is 21.6 Å². The number of benzene rings is 1. The zero-order valence-electron chi connectivity index (χ0n) is 14.3. The summed E-state index contributed by atoms with van der Waals surface area (Å²) in [5.74, 6) is 0.0524. The molecule has 25 heavy (non-hydrogen) atoms. The number of carbonyl (C=O) groups is 1. The summed E-state index contributed by atoms with van der Waals surface area (Å²) in [6.45, 7) is 3.99. The fourth-order valence-electron chi connectivity index (χ4n) is 3.09. The van der Waals surface area contributed by atoms with Gasteiger partial charge in [-0.25, -0.2) is 13.1 Å². The monoisotopic (exact) mass is 359 g/mol. The molecule has 0 unspecified atom stereocenters. The summed E-state index contributed by atoms with van der Waals surface area (Å²) in [5.41, 5.74) is 2.49. The number of nitrogens with zero attached hydrogens (tertiary/aromatic N) is 2. The van der Waals surface area contributed by atoms with Gasteiger partial charge in [0.2, 0.25) is 15.9 Å². The van der Waals surface area contributed by atoms with E-state index in [4.69, 9.17) is 0 Å². The third-order valence-electron chi connectivity index (χ3n) is 4.34. The number of fused-ring (bicyclic) bond motifs is 1. The Bertz CT molecular complexity index is 882. The molecule has 0 spiro atoms. The Morgan fingerprint density at radius 3 is 2.84 bits per heavy atom. The molecule has 0 saturated carbocycles. The molecule has 1 aromatic carbocycles. The second kappa shape index (κ2) is 6.93. The van der Waals surface area contributed by atoms with Gasteiger partial charge in [0.1, 0.15) is 0 Å². The first-order chi connectivity index (χ1) is 11.9. The van der Waals surface area contributed by atoms with Crippen LogP contribution in [-0.2, 0) is 27.8 Å². The van der Waals surface area contributed by atoms with Gasteiger partial charge >= 0.3 is 0 Å². The van der Waals surface area contributed by atoms with Crippen molar-refractivity contribution in [3.8, 4) is 0 Å². The van der Waals surface area contributed by atoms with Crippen LogP contribution in [0.5, 0.6) is 0 Å². The quantitative estimate of drug-likeness (QED) is 0.888. The number of aromatic nitrogens is 1. The van der Waals surface area contributed by atoms with E-state index in [0.717, 1.165) is 16.8 Å². The summed E-state index contributed by atoms with van der Waals surface area (Å²) in [6.07, 6.45) is 4.35. The number of anilines is 1. The van der Waals surface area contributed by atoms with Crippen LogP contribution in [0.15, 0.2) is 47.6 Å². The molecule has 6 nitrogen and oxygen atoms in total. The first kappa shape index (κ1) is 17.6. The topological polar surface area (TPSA) is 79.4 Å². The summed E-state index contributed by atoms with van der Waals surface area (Å²) >= 11 is 0. The average Bonchev–Trinajstić information content (AvgIpc) is 2.95. The fourth-order valence-corrected chi connectivity index (χ4v) is 4.16. The van der Waals surface area contributed by atoms with E-state index < -0.39 is 10.0 Å². The molecule has 3 rings (SSSR count). The maximum atomic E-state index is 12.5. The normalized spacial score (nSPS) is 16.7. The Labute approximate surface area is 147 Å². The molecule has 1 aromatic heterocycles. The molecule has 0 radical (unpaired) electrons. The summed E-state index contributed by atoms with van der Waals surface area (Å²) in [5, 5.41) is 0. The van der Waals surface area contributed by atoms with Gasteiger partial charge in [0, 0.05) is 37.1 Å². The molecule has 0 saturated heterocycles. The molecule has 0 aliphatic carbocycles. The van der Waals surface area contributed by atoms with Gasteiger partial charge in [0.25, 0.3) is 0 Å². The summed E-state index contributed by atoms with van der Waals surface area (Å²) < 4.78 is 27.7. The van der Waals surface area contributed by atoms with E-state index in [1.807, 2.05) is 19.9 Å². The molecule has 0 bridgehead atoms. The average molecular weight is 359 g/mol. The number of amides is 1. The minimum absolute atomic E-state index is 0.0451. The number of rotatable bonds is 5. The maximum absolute atomic E-state index is 12.5. The lowest BCUT2D eigenvalue weighted by molar-refractivity contribution is -0.118. The van der Waals surface area contributed by atoms with E-state index in [9.17, 15) is 13.2 Å². The first-order valence-electron chi connectivity index (χ1n) is 8.26. The van der Waals surface area contributed by atoms with Gasteiger partial charge in [-0.05, 0) is 48.7 Å². The number of carbonyl (C=O) groups excluding carboxylic acids is 1. The molecule has 7 heteroatoms. The number of pyridine rings is 1. The predicted octanol–water partition coefficient (Wildman–Crippen LogP) is 2.25. The summed E-state index contributed by atoms with van der Waals surface area (Å²) in [7, 11) is -3.62. The molecule has 2 heterocycles. The minimum atomic E-state index is -3.62. The SMILES string of the molecule is CCC(=O)N1c2ccc(S(=O)(=O)NCc3cccnc3)cc2C[C@H]1C. The van der Waals surface area contributed by atoms with Crippen LogP contribution in [-0.4, -0.2) is 25.4 Å². The van der Waals surface area contributed by atoms with Crippen LogP contribution in [0.2, 0.25) is 0 Å². The van der Waals surface area contributed by atoms with Gasteiger partial charge in [0.05, 0.1) is 4.90 Å². The first-order valence-corrected chi connectivity index (χ1v) is 9.74. The molecule has 1 amide bonds. The van der Waals surface area contributed by atoms with Crippen molar-refractivity contribution < 1.29 is 13.2 Å². The standard InChI is InChI=1S/C18H21N3O3S/c1-3-18(22)21-13(2)9-15-10-16(6-7-17(15)21)25(23,24)20-12-14-5-4-8-19-11-14/h4-8,10-11,13,20H,3,9,12H2,1-2H3/t13-/m1/s1. The van der Waals surface area contributed by atoms with Gasteiger partial charge < -0.3 is 4.90 Å². The fraction of sp³-hybridized carbons (Fsp3) is 0.333. The van der Waals surface area contributed by atoms with Crippen molar-refractivity contribution in [1.29, 1.82) is 0 Å². The lowest BCUT2D eigenvalue weighted by Gasteiger charge is -2.22. The van der Waals surface area contributed by atoms with Crippen molar-refractivity contribution in [2.45, 2.75) is 44.2 Å².